The molecule has 7 nitrogen and oxygen atoms in total. The number of rotatable bonds is 7. The number of nitrogens with zero attached hydrogens (tertiary/aromatic N) is 2. The number of nitrogens with two attached hydrogens (primary N) is 1. The van der Waals surface area contributed by atoms with Crippen LogP contribution in [0, 0.1) is 17.0 Å². The molecular weight excluding hydrogens is 432 g/mol. The monoisotopic (exact) mass is 447 g/mol. The zero-order chi connectivity index (χ0) is 21.8. The van der Waals surface area contributed by atoms with Crippen LogP contribution in [-0.2, 0) is 10.2 Å². The normalized spacial score (nSPS) is 24.6. The van der Waals surface area contributed by atoms with Gasteiger partial charge in [-0.1, -0.05) is 28.8 Å². The van der Waals surface area contributed by atoms with Gasteiger partial charge in [0.05, 0.1) is 10.4 Å². The Morgan fingerprint density at radius 2 is 1.87 bits per heavy atom. The first-order chi connectivity index (χ1) is 14.8. The molecule has 1 aromatic heterocycles. The number of carbonyl (C=O) groups excluding carboxylic acids is 1. The maximum absolute atomic E-state index is 13.7. The number of hydrogen-bond donors (Lipinski definition) is 1. The van der Waals surface area contributed by atoms with Crippen LogP contribution in [0.25, 0.3) is 0 Å². The fourth-order valence-electron chi connectivity index (χ4n) is 4.63. The third-order valence-corrected chi connectivity index (χ3v) is 6.23. The second kappa shape index (κ2) is 6.91. The molecule has 31 heavy (non-hydrogen) atoms. The highest BCUT2D eigenvalue weighted by atomic mass is 35.5. The number of para-hydroxylation sites is 1. The molecule has 3 aliphatic rings. The molecule has 10 heteroatoms. The smallest absolute Gasteiger partial charge is 0.420 e. The van der Waals surface area contributed by atoms with Gasteiger partial charge in [-0.25, -0.2) is 8.78 Å². The zero-order valence-electron chi connectivity index (χ0n) is 16.0. The molecule has 1 amide bonds. The predicted octanol–water partition coefficient (Wildman–Crippen LogP) is 4.15. The Hall–Kier alpha value is -3.20. The van der Waals surface area contributed by atoms with E-state index in [1.54, 1.807) is 12.1 Å². The molecular formula is C21H16ClF2N3O4. The lowest BCUT2D eigenvalue weighted by Crippen LogP contribution is -2.72. The molecule has 0 spiro atoms. The largest absolute Gasteiger partial charge is 0.480 e. The van der Waals surface area contributed by atoms with E-state index in [2.05, 4.69) is 10.2 Å². The van der Waals surface area contributed by atoms with E-state index in [9.17, 15) is 13.6 Å². The Morgan fingerprint density at radius 1 is 1.13 bits per heavy atom. The van der Waals surface area contributed by atoms with E-state index >= 15 is 0 Å². The number of hydrogen-bond acceptors (Lipinski definition) is 6. The standard InChI is InChI=1S/C21H16ClF2N3O4/c22-12-6-5-11(7-14(12)24)29-16(17(25)28)20-8-21(9-20,10-20)18-26-27-19(31-18)30-15-4-2-1-3-13(15)23/h1-7,16H,8-10H2,(H2,25,28). The highest BCUT2D eigenvalue weighted by Gasteiger charge is 2.75. The first-order valence-electron chi connectivity index (χ1n) is 9.48. The van der Waals surface area contributed by atoms with Crippen LogP contribution < -0.4 is 15.2 Å². The number of halogens is 3. The quantitative estimate of drug-likeness (QED) is 0.584. The van der Waals surface area contributed by atoms with E-state index in [-0.39, 0.29) is 22.6 Å². The van der Waals surface area contributed by atoms with Crippen molar-refractivity contribution in [2.45, 2.75) is 30.8 Å². The lowest BCUT2D eigenvalue weighted by molar-refractivity contribution is -0.208. The minimum Gasteiger partial charge on any atom is -0.480 e. The summed E-state index contributed by atoms with van der Waals surface area (Å²) < 4.78 is 44.1. The third kappa shape index (κ3) is 3.20. The van der Waals surface area contributed by atoms with Crippen molar-refractivity contribution in [3.63, 3.8) is 0 Å². The zero-order valence-corrected chi connectivity index (χ0v) is 16.7. The summed E-state index contributed by atoms with van der Waals surface area (Å²) in [5.41, 5.74) is 4.66. The Balaban J connectivity index is 1.28. The molecule has 2 N–H and O–H groups in total. The van der Waals surface area contributed by atoms with Gasteiger partial charge in [0.15, 0.2) is 17.7 Å². The maximum Gasteiger partial charge on any atom is 0.420 e. The summed E-state index contributed by atoms with van der Waals surface area (Å²) in [5.74, 6) is -1.34. The summed E-state index contributed by atoms with van der Waals surface area (Å²) in [6.45, 7) is 0. The van der Waals surface area contributed by atoms with Crippen LogP contribution in [0.15, 0.2) is 46.9 Å². The SMILES string of the molecule is NC(=O)C(Oc1ccc(Cl)c(F)c1)C12CC(c3nnc(Oc4ccccc4F)o3)(C1)C2. The molecule has 0 radical (unpaired) electrons. The van der Waals surface area contributed by atoms with Crippen LogP contribution in [0.1, 0.15) is 25.2 Å². The summed E-state index contributed by atoms with van der Waals surface area (Å²) in [4.78, 5) is 12.1. The number of carbonyl (C=O) groups is 1. The molecule has 0 aliphatic heterocycles. The first-order valence-corrected chi connectivity index (χ1v) is 9.86. The van der Waals surface area contributed by atoms with Crippen molar-refractivity contribution >= 4 is 17.5 Å². The number of amides is 1. The Morgan fingerprint density at radius 3 is 2.55 bits per heavy atom. The van der Waals surface area contributed by atoms with Crippen molar-refractivity contribution in [1.82, 2.24) is 10.2 Å². The second-order valence-corrected chi connectivity index (χ2v) is 8.46. The third-order valence-electron chi connectivity index (χ3n) is 5.93. The molecule has 3 aromatic rings. The van der Waals surface area contributed by atoms with Gasteiger partial charge in [0, 0.05) is 11.5 Å². The Kier molecular flexibility index (Phi) is 4.40. The minimum atomic E-state index is -0.938. The van der Waals surface area contributed by atoms with Crippen LogP contribution in [0.2, 0.25) is 5.02 Å². The molecule has 3 saturated carbocycles. The van der Waals surface area contributed by atoms with E-state index in [1.165, 1.54) is 24.3 Å². The Labute approximate surface area is 180 Å². The summed E-state index contributed by atoms with van der Waals surface area (Å²) >= 11 is 5.69. The van der Waals surface area contributed by atoms with Crippen LogP contribution in [0.3, 0.4) is 0 Å². The average molecular weight is 448 g/mol. The van der Waals surface area contributed by atoms with Crippen molar-refractivity contribution < 1.29 is 27.5 Å². The molecule has 1 unspecified atom stereocenters. The molecule has 3 fully saturated rings. The van der Waals surface area contributed by atoms with Gasteiger partial charge in [0.2, 0.25) is 5.89 Å². The average Bonchev–Trinajstić information content (AvgIpc) is 3.12. The molecule has 3 aliphatic carbocycles. The first kappa shape index (κ1) is 19.7. The summed E-state index contributed by atoms with van der Waals surface area (Å²) in [7, 11) is 0. The van der Waals surface area contributed by atoms with Gasteiger partial charge in [-0.05, 0) is 43.5 Å². The Bertz CT molecular complexity index is 1170. The van der Waals surface area contributed by atoms with Gasteiger partial charge < -0.3 is 19.6 Å². The minimum absolute atomic E-state index is 0.0239. The topological polar surface area (TPSA) is 100 Å². The van der Waals surface area contributed by atoms with Crippen LogP contribution in [-0.4, -0.2) is 22.2 Å². The number of ether oxygens (including phenoxy) is 2. The van der Waals surface area contributed by atoms with Crippen LogP contribution >= 0.6 is 11.6 Å². The molecule has 1 atom stereocenters. The van der Waals surface area contributed by atoms with Crippen LogP contribution in [0.5, 0.6) is 17.6 Å². The van der Waals surface area contributed by atoms with E-state index < -0.39 is 34.5 Å². The van der Waals surface area contributed by atoms with E-state index in [0.717, 1.165) is 6.07 Å². The highest BCUT2D eigenvalue weighted by Crippen LogP contribution is 2.75. The van der Waals surface area contributed by atoms with Gasteiger partial charge in [-0.3, -0.25) is 4.79 Å². The molecule has 1 heterocycles. The molecule has 0 saturated heterocycles. The van der Waals surface area contributed by atoms with Crippen molar-refractivity contribution in [3.8, 4) is 17.6 Å². The lowest BCUT2D eigenvalue weighted by atomic mass is 9.33. The highest BCUT2D eigenvalue weighted by molar-refractivity contribution is 6.30. The predicted molar refractivity (Wildman–Crippen MR) is 104 cm³/mol. The molecule has 2 bridgehead atoms. The molecule has 2 aromatic carbocycles. The fraction of sp³-hybridized carbons (Fsp3) is 0.286. The fourth-order valence-corrected chi connectivity index (χ4v) is 4.75. The summed E-state index contributed by atoms with van der Waals surface area (Å²) in [6, 6.07) is 9.81. The molecule has 160 valence electrons. The maximum atomic E-state index is 13.7. The van der Waals surface area contributed by atoms with Crippen molar-refractivity contribution in [3.05, 3.63) is 65.0 Å². The lowest BCUT2D eigenvalue weighted by Gasteiger charge is -2.69. The van der Waals surface area contributed by atoms with Gasteiger partial charge >= 0.3 is 6.08 Å². The summed E-state index contributed by atoms with van der Waals surface area (Å²) in [5, 5.41) is 7.82. The molecule has 6 rings (SSSR count). The van der Waals surface area contributed by atoms with Gasteiger partial charge in [0.25, 0.3) is 5.91 Å². The number of aromatic nitrogens is 2. The van der Waals surface area contributed by atoms with Crippen molar-refractivity contribution in [2.24, 2.45) is 11.1 Å². The number of primary amides is 1. The van der Waals surface area contributed by atoms with Crippen molar-refractivity contribution in [2.75, 3.05) is 0 Å². The van der Waals surface area contributed by atoms with Crippen molar-refractivity contribution in [1.29, 1.82) is 0 Å². The van der Waals surface area contributed by atoms with E-state index in [0.29, 0.717) is 25.2 Å². The number of benzene rings is 2. The van der Waals surface area contributed by atoms with Gasteiger partial charge in [-0.15, -0.1) is 5.10 Å². The van der Waals surface area contributed by atoms with Crippen LogP contribution in [0.4, 0.5) is 8.78 Å². The van der Waals surface area contributed by atoms with Gasteiger partial charge in [-0.2, -0.15) is 0 Å². The van der Waals surface area contributed by atoms with Gasteiger partial charge in [0.1, 0.15) is 11.6 Å². The van der Waals surface area contributed by atoms with E-state index in [4.69, 9.17) is 31.2 Å². The van der Waals surface area contributed by atoms with E-state index in [1.807, 2.05) is 0 Å². The second-order valence-electron chi connectivity index (χ2n) is 8.05. The summed E-state index contributed by atoms with van der Waals surface area (Å²) in [6.07, 6.45) is 0.492.